The van der Waals surface area contributed by atoms with E-state index in [9.17, 15) is 0 Å². The van der Waals surface area contributed by atoms with E-state index < -0.39 is 0 Å². The van der Waals surface area contributed by atoms with Crippen LogP contribution in [0.1, 0.15) is 12.0 Å². The Bertz CT molecular complexity index is 519. The number of nitrogens with zero attached hydrogens (tertiary/aromatic N) is 1. The quantitative estimate of drug-likeness (QED) is 0.373. The van der Waals surface area contributed by atoms with Gasteiger partial charge in [-0.05, 0) is 17.6 Å². The minimum absolute atomic E-state index is 0.196. The summed E-state index contributed by atoms with van der Waals surface area (Å²) in [5, 5.41) is 0. The fourth-order valence-corrected chi connectivity index (χ4v) is 3.37. The lowest BCUT2D eigenvalue weighted by atomic mass is 10.1. The standard InChI is InChI=1S/C19H27NO4/c1-21-11-12-22-15-24-18-8-10-20-9-7-17(19(18)20)14-23-13-16-5-3-2-4-6-16/h2-7,18-19H,8-15H2,1H3/t18-,19-/m1/s1. The van der Waals surface area contributed by atoms with Gasteiger partial charge in [0, 0.05) is 20.2 Å². The van der Waals surface area contributed by atoms with Gasteiger partial charge in [0.05, 0.1) is 38.6 Å². The summed E-state index contributed by atoms with van der Waals surface area (Å²) in [6.45, 7) is 4.89. The summed E-state index contributed by atoms with van der Waals surface area (Å²) >= 11 is 0. The van der Waals surface area contributed by atoms with Gasteiger partial charge in [-0.25, -0.2) is 0 Å². The molecule has 0 spiro atoms. The van der Waals surface area contributed by atoms with Crippen molar-refractivity contribution < 1.29 is 18.9 Å². The van der Waals surface area contributed by atoms with Gasteiger partial charge in [-0.15, -0.1) is 0 Å². The maximum atomic E-state index is 5.94. The van der Waals surface area contributed by atoms with Crippen LogP contribution >= 0.6 is 0 Å². The van der Waals surface area contributed by atoms with Crippen LogP contribution in [0.2, 0.25) is 0 Å². The highest BCUT2D eigenvalue weighted by Crippen LogP contribution is 2.31. The van der Waals surface area contributed by atoms with Crippen molar-refractivity contribution in [3.05, 3.63) is 47.5 Å². The fraction of sp³-hybridized carbons (Fsp3) is 0.579. The second-order valence-corrected chi connectivity index (χ2v) is 6.21. The molecule has 0 saturated carbocycles. The third kappa shape index (κ3) is 4.65. The minimum Gasteiger partial charge on any atom is -0.382 e. The van der Waals surface area contributed by atoms with Gasteiger partial charge in [0.1, 0.15) is 6.79 Å². The zero-order valence-electron chi connectivity index (χ0n) is 14.4. The normalized spacial score (nSPS) is 23.5. The number of hydrogen-bond donors (Lipinski definition) is 0. The zero-order valence-corrected chi connectivity index (χ0v) is 14.4. The zero-order chi connectivity index (χ0) is 16.6. The topological polar surface area (TPSA) is 40.2 Å². The van der Waals surface area contributed by atoms with Gasteiger partial charge in [-0.2, -0.15) is 0 Å². The summed E-state index contributed by atoms with van der Waals surface area (Å²) in [4.78, 5) is 2.46. The fourth-order valence-electron chi connectivity index (χ4n) is 3.37. The van der Waals surface area contributed by atoms with Crippen molar-refractivity contribution in [3.8, 4) is 0 Å². The molecule has 2 aliphatic rings. The van der Waals surface area contributed by atoms with Crippen LogP contribution in [0.4, 0.5) is 0 Å². The first kappa shape index (κ1) is 17.6. The van der Waals surface area contributed by atoms with Crippen molar-refractivity contribution in [2.24, 2.45) is 0 Å². The van der Waals surface area contributed by atoms with Gasteiger partial charge >= 0.3 is 0 Å². The molecule has 5 nitrogen and oxygen atoms in total. The van der Waals surface area contributed by atoms with Crippen LogP contribution in [0.3, 0.4) is 0 Å². The molecule has 132 valence electrons. The highest BCUT2D eigenvalue weighted by molar-refractivity contribution is 5.23. The molecule has 0 amide bonds. The summed E-state index contributed by atoms with van der Waals surface area (Å²) in [6.07, 6.45) is 3.53. The maximum Gasteiger partial charge on any atom is 0.147 e. The van der Waals surface area contributed by atoms with E-state index in [-0.39, 0.29) is 6.10 Å². The monoisotopic (exact) mass is 333 g/mol. The van der Waals surface area contributed by atoms with E-state index in [2.05, 4.69) is 23.1 Å². The molecule has 3 rings (SSSR count). The van der Waals surface area contributed by atoms with Gasteiger partial charge < -0.3 is 18.9 Å². The summed E-state index contributed by atoms with van der Waals surface area (Å²) < 4.78 is 22.3. The predicted molar refractivity (Wildman–Crippen MR) is 91.7 cm³/mol. The van der Waals surface area contributed by atoms with E-state index in [1.54, 1.807) is 7.11 Å². The lowest BCUT2D eigenvalue weighted by Gasteiger charge is -2.24. The molecule has 2 aliphatic heterocycles. The van der Waals surface area contributed by atoms with Crippen LogP contribution in [0.5, 0.6) is 0 Å². The van der Waals surface area contributed by atoms with E-state index in [0.29, 0.717) is 39.3 Å². The summed E-state index contributed by atoms with van der Waals surface area (Å²) in [5.74, 6) is 0. The van der Waals surface area contributed by atoms with Crippen molar-refractivity contribution >= 4 is 0 Å². The van der Waals surface area contributed by atoms with E-state index in [1.165, 1.54) is 11.1 Å². The van der Waals surface area contributed by atoms with E-state index >= 15 is 0 Å². The van der Waals surface area contributed by atoms with Crippen LogP contribution in [0, 0.1) is 0 Å². The molecule has 2 atom stereocenters. The van der Waals surface area contributed by atoms with Crippen LogP contribution in [0.25, 0.3) is 0 Å². The Kier molecular flexibility index (Phi) is 6.81. The third-order valence-electron chi connectivity index (χ3n) is 4.59. The Balaban J connectivity index is 1.42. The first-order chi connectivity index (χ1) is 11.9. The molecule has 0 bridgehead atoms. The molecular formula is C19H27NO4. The smallest absolute Gasteiger partial charge is 0.147 e. The van der Waals surface area contributed by atoms with E-state index in [0.717, 1.165) is 19.5 Å². The van der Waals surface area contributed by atoms with Crippen molar-refractivity contribution in [3.63, 3.8) is 0 Å². The predicted octanol–water partition coefficient (Wildman–Crippen LogP) is 2.22. The van der Waals surface area contributed by atoms with E-state index in [4.69, 9.17) is 18.9 Å². The highest BCUT2D eigenvalue weighted by Gasteiger charge is 2.39. The van der Waals surface area contributed by atoms with Gasteiger partial charge in [-0.1, -0.05) is 36.4 Å². The maximum absolute atomic E-state index is 5.94. The second-order valence-electron chi connectivity index (χ2n) is 6.21. The summed E-state index contributed by atoms with van der Waals surface area (Å²) in [5.41, 5.74) is 2.55. The van der Waals surface area contributed by atoms with Crippen molar-refractivity contribution in [2.45, 2.75) is 25.2 Å². The SMILES string of the molecule is COCCOCO[C@@H]1CCN2CC=C(COCc3ccccc3)[C@H]12. The average molecular weight is 333 g/mol. The molecule has 0 aliphatic carbocycles. The first-order valence-electron chi connectivity index (χ1n) is 8.61. The molecule has 1 aromatic carbocycles. The van der Waals surface area contributed by atoms with Crippen molar-refractivity contribution in [1.29, 1.82) is 0 Å². The van der Waals surface area contributed by atoms with Gasteiger partial charge in [0.15, 0.2) is 0 Å². The number of hydrogen-bond acceptors (Lipinski definition) is 5. The lowest BCUT2D eigenvalue weighted by Crippen LogP contribution is -2.35. The molecule has 2 heterocycles. The van der Waals surface area contributed by atoms with Gasteiger partial charge in [0.2, 0.25) is 0 Å². The first-order valence-corrected chi connectivity index (χ1v) is 8.61. The van der Waals surface area contributed by atoms with Crippen LogP contribution in [0.15, 0.2) is 42.0 Å². The molecule has 0 unspecified atom stereocenters. The molecule has 5 heteroatoms. The third-order valence-corrected chi connectivity index (χ3v) is 4.59. The molecule has 0 radical (unpaired) electrons. The molecule has 1 fully saturated rings. The Morgan fingerprint density at radius 2 is 1.96 bits per heavy atom. The Morgan fingerprint density at radius 1 is 1.08 bits per heavy atom. The number of methoxy groups -OCH3 is 1. The molecule has 1 aromatic rings. The molecule has 1 saturated heterocycles. The Labute approximate surface area is 144 Å². The second kappa shape index (κ2) is 9.30. The molecular weight excluding hydrogens is 306 g/mol. The molecule has 0 aromatic heterocycles. The van der Waals surface area contributed by atoms with Gasteiger partial charge in [0.25, 0.3) is 0 Å². The van der Waals surface area contributed by atoms with Crippen molar-refractivity contribution in [2.75, 3.05) is 46.8 Å². The number of ether oxygens (including phenoxy) is 4. The van der Waals surface area contributed by atoms with Crippen LogP contribution < -0.4 is 0 Å². The molecule has 0 N–H and O–H groups in total. The Hall–Kier alpha value is -1.24. The number of rotatable bonds is 10. The average Bonchev–Trinajstić information content (AvgIpc) is 3.19. The van der Waals surface area contributed by atoms with E-state index in [1.807, 2.05) is 18.2 Å². The van der Waals surface area contributed by atoms with Crippen LogP contribution in [-0.4, -0.2) is 63.9 Å². The highest BCUT2D eigenvalue weighted by atomic mass is 16.7. The number of fused-ring (bicyclic) bond motifs is 1. The minimum atomic E-state index is 0.196. The number of benzene rings is 1. The van der Waals surface area contributed by atoms with Crippen molar-refractivity contribution in [1.82, 2.24) is 4.90 Å². The Morgan fingerprint density at radius 3 is 2.79 bits per heavy atom. The summed E-state index contributed by atoms with van der Waals surface area (Å²) in [7, 11) is 1.67. The van der Waals surface area contributed by atoms with Gasteiger partial charge in [-0.3, -0.25) is 4.90 Å². The summed E-state index contributed by atoms with van der Waals surface area (Å²) in [6, 6.07) is 10.6. The van der Waals surface area contributed by atoms with Crippen LogP contribution in [-0.2, 0) is 25.6 Å². The lowest BCUT2D eigenvalue weighted by molar-refractivity contribution is -0.101. The largest absolute Gasteiger partial charge is 0.382 e. The molecule has 24 heavy (non-hydrogen) atoms.